The summed E-state index contributed by atoms with van der Waals surface area (Å²) in [6.07, 6.45) is 2.99. The zero-order valence-corrected chi connectivity index (χ0v) is 18.5. The maximum Gasteiger partial charge on any atom is 0.243 e. The van der Waals surface area contributed by atoms with Gasteiger partial charge in [0, 0.05) is 11.6 Å². The molecule has 8 heteroatoms. The number of carbonyl (C=O) groups is 1. The number of ether oxygens (including phenoxy) is 1. The summed E-state index contributed by atoms with van der Waals surface area (Å²) in [6, 6.07) is 13.4. The van der Waals surface area contributed by atoms with Crippen molar-refractivity contribution in [3.05, 3.63) is 59.1 Å². The molecule has 0 spiro atoms. The third-order valence-corrected chi connectivity index (χ3v) is 5.94. The van der Waals surface area contributed by atoms with E-state index in [-0.39, 0.29) is 5.91 Å². The predicted octanol–water partition coefficient (Wildman–Crippen LogP) is 3.64. The molecule has 0 radical (unpaired) electrons. The topological polar surface area (TPSA) is 75.7 Å². The predicted molar refractivity (Wildman–Crippen MR) is 117 cm³/mol. The van der Waals surface area contributed by atoms with Crippen molar-refractivity contribution in [1.82, 2.24) is 5.32 Å². The lowest BCUT2D eigenvalue weighted by atomic mass is 10.1. The molecule has 6 nitrogen and oxygen atoms in total. The highest BCUT2D eigenvalue weighted by molar-refractivity contribution is 7.92. The Labute approximate surface area is 177 Å². The van der Waals surface area contributed by atoms with Gasteiger partial charge in [-0.1, -0.05) is 30.7 Å². The van der Waals surface area contributed by atoms with Gasteiger partial charge in [-0.2, -0.15) is 0 Å². The Balaban J connectivity index is 2.04. The molecular formula is C21H27ClN2O4S. The summed E-state index contributed by atoms with van der Waals surface area (Å²) in [4.78, 5) is 12.8. The Morgan fingerprint density at radius 3 is 2.28 bits per heavy atom. The van der Waals surface area contributed by atoms with Crippen LogP contribution in [0.2, 0.25) is 5.02 Å². The Morgan fingerprint density at radius 1 is 1.14 bits per heavy atom. The molecular weight excluding hydrogens is 412 g/mol. The van der Waals surface area contributed by atoms with E-state index in [9.17, 15) is 13.2 Å². The van der Waals surface area contributed by atoms with E-state index in [0.29, 0.717) is 29.4 Å². The van der Waals surface area contributed by atoms with E-state index >= 15 is 0 Å². The second kappa shape index (κ2) is 10.5. The molecule has 0 saturated heterocycles. The molecule has 0 aliphatic heterocycles. The highest BCUT2D eigenvalue weighted by Gasteiger charge is 2.31. The number of rotatable bonds is 10. The molecule has 0 aromatic heterocycles. The number of aryl methyl sites for hydroxylation is 1. The van der Waals surface area contributed by atoms with Crippen LogP contribution >= 0.6 is 11.6 Å². The smallest absolute Gasteiger partial charge is 0.243 e. The maximum atomic E-state index is 12.8. The molecule has 0 unspecified atom stereocenters. The molecule has 2 aromatic rings. The summed E-state index contributed by atoms with van der Waals surface area (Å²) in [5, 5.41) is 3.55. The third kappa shape index (κ3) is 6.65. The zero-order valence-electron chi connectivity index (χ0n) is 16.9. The van der Waals surface area contributed by atoms with Crippen LogP contribution in [0.25, 0.3) is 0 Å². The number of nitrogens with zero attached hydrogens (tertiary/aromatic N) is 1. The number of anilines is 1. The number of nitrogens with one attached hydrogen (secondary N) is 1. The summed E-state index contributed by atoms with van der Waals surface area (Å²) < 4.78 is 31.2. The number of amides is 1. The normalized spacial score (nSPS) is 12.3. The first kappa shape index (κ1) is 23.0. The minimum Gasteiger partial charge on any atom is -0.497 e. The van der Waals surface area contributed by atoms with Gasteiger partial charge in [-0.3, -0.25) is 9.10 Å². The fourth-order valence-electron chi connectivity index (χ4n) is 3.06. The largest absolute Gasteiger partial charge is 0.497 e. The SMILES string of the molecule is CC[C@@H](C(=O)NCCCc1ccc(Cl)cc1)N(c1ccc(OC)cc1)S(C)(=O)=O. The Hall–Kier alpha value is -2.25. The minimum atomic E-state index is -3.65. The highest BCUT2D eigenvalue weighted by Crippen LogP contribution is 2.25. The van der Waals surface area contributed by atoms with Gasteiger partial charge in [0.2, 0.25) is 15.9 Å². The van der Waals surface area contributed by atoms with Crippen molar-refractivity contribution in [2.24, 2.45) is 0 Å². The van der Waals surface area contributed by atoms with E-state index in [4.69, 9.17) is 16.3 Å². The van der Waals surface area contributed by atoms with Gasteiger partial charge in [-0.05, 0) is 61.2 Å². The van der Waals surface area contributed by atoms with Crippen LogP contribution in [0.5, 0.6) is 5.75 Å². The summed E-state index contributed by atoms with van der Waals surface area (Å²) in [5.74, 6) is 0.298. The van der Waals surface area contributed by atoms with Crippen LogP contribution < -0.4 is 14.4 Å². The molecule has 1 atom stereocenters. The molecule has 158 valence electrons. The molecule has 0 heterocycles. The molecule has 2 rings (SSSR count). The van der Waals surface area contributed by atoms with Crippen molar-refractivity contribution < 1.29 is 17.9 Å². The van der Waals surface area contributed by atoms with E-state index in [2.05, 4.69) is 5.32 Å². The fourth-order valence-corrected chi connectivity index (χ4v) is 4.40. The Kier molecular flexibility index (Phi) is 8.34. The van der Waals surface area contributed by atoms with Gasteiger partial charge in [-0.15, -0.1) is 0 Å². The first-order valence-corrected chi connectivity index (χ1v) is 11.6. The summed E-state index contributed by atoms with van der Waals surface area (Å²) in [6.45, 7) is 2.25. The Morgan fingerprint density at radius 2 is 1.76 bits per heavy atom. The van der Waals surface area contributed by atoms with Crippen LogP contribution in [0.1, 0.15) is 25.3 Å². The van der Waals surface area contributed by atoms with Crippen molar-refractivity contribution in [3.63, 3.8) is 0 Å². The molecule has 0 fully saturated rings. The van der Waals surface area contributed by atoms with E-state index < -0.39 is 16.1 Å². The van der Waals surface area contributed by atoms with Gasteiger partial charge in [0.1, 0.15) is 11.8 Å². The first-order chi connectivity index (χ1) is 13.8. The second-order valence-corrected chi connectivity index (χ2v) is 9.00. The molecule has 1 N–H and O–H groups in total. The van der Waals surface area contributed by atoms with E-state index in [1.54, 1.807) is 31.2 Å². The van der Waals surface area contributed by atoms with Crippen molar-refractivity contribution in [1.29, 1.82) is 0 Å². The Bertz CT molecular complexity index is 899. The molecule has 0 bridgehead atoms. The van der Waals surface area contributed by atoms with Crippen LogP contribution in [0.15, 0.2) is 48.5 Å². The van der Waals surface area contributed by atoms with Gasteiger partial charge >= 0.3 is 0 Å². The van der Waals surface area contributed by atoms with Gasteiger partial charge in [0.05, 0.1) is 19.1 Å². The van der Waals surface area contributed by atoms with Gasteiger partial charge in [0.25, 0.3) is 0 Å². The number of sulfonamides is 1. The summed E-state index contributed by atoms with van der Waals surface area (Å²) >= 11 is 5.88. The summed E-state index contributed by atoms with van der Waals surface area (Å²) in [5.41, 5.74) is 1.56. The second-order valence-electron chi connectivity index (χ2n) is 6.70. The van der Waals surface area contributed by atoms with Crippen molar-refractivity contribution in [3.8, 4) is 5.75 Å². The number of benzene rings is 2. The number of hydrogen-bond donors (Lipinski definition) is 1. The average molecular weight is 439 g/mol. The number of carbonyl (C=O) groups excluding carboxylic acids is 1. The van der Waals surface area contributed by atoms with Crippen LogP contribution in [0.3, 0.4) is 0 Å². The lowest BCUT2D eigenvalue weighted by Gasteiger charge is -2.30. The molecule has 0 saturated carbocycles. The van der Waals surface area contributed by atoms with E-state index in [1.165, 1.54) is 11.4 Å². The van der Waals surface area contributed by atoms with Crippen LogP contribution in [0, 0.1) is 0 Å². The van der Waals surface area contributed by atoms with Gasteiger partial charge in [0.15, 0.2) is 0 Å². The molecule has 0 aliphatic rings. The van der Waals surface area contributed by atoms with Gasteiger partial charge in [-0.25, -0.2) is 8.42 Å². The van der Waals surface area contributed by atoms with E-state index in [1.807, 2.05) is 24.3 Å². The number of methoxy groups -OCH3 is 1. The number of hydrogen-bond acceptors (Lipinski definition) is 4. The van der Waals surface area contributed by atoms with Crippen molar-refractivity contribution in [2.75, 3.05) is 24.2 Å². The standard InChI is InChI=1S/C21H27ClN2O4S/c1-4-20(21(25)23-15-5-6-16-7-9-17(22)10-8-16)24(29(3,26)27)18-11-13-19(28-2)14-12-18/h7-14,20H,4-6,15H2,1-3H3,(H,23,25)/t20-/m0/s1. The molecule has 2 aromatic carbocycles. The van der Waals surface area contributed by atoms with Crippen LogP contribution in [-0.4, -0.2) is 40.3 Å². The van der Waals surface area contributed by atoms with E-state index in [0.717, 1.165) is 24.7 Å². The monoisotopic (exact) mass is 438 g/mol. The molecule has 1 amide bonds. The lowest BCUT2D eigenvalue weighted by molar-refractivity contribution is -0.122. The first-order valence-electron chi connectivity index (χ1n) is 9.42. The third-order valence-electron chi connectivity index (χ3n) is 4.51. The quantitative estimate of drug-likeness (QED) is 0.574. The van der Waals surface area contributed by atoms with Crippen LogP contribution in [-0.2, 0) is 21.2 Å². The molecule has 0 aliphatic carbocycles. The molecule has 29 heavy (non-hydrogen) atoms. The van der Waals surface area contributed by atoms with Crippen LogP contribution in [0.4, 0.5) is 5.69 Å². The van der Waals surface area contributed by atoms with Crippen molar-refractivity contribution >= 4 is 33.2 Å². The average Bonchev–Trinajstić information content (AvgIpc) is 2.69. The number of halogens is 1. The highest BCUT2D eigenvalue weighted by atomic mass is 35.5. The maximum absolute atomic E-state index is 12.8. The summed E-state index contributed by atoms with van der Waals surface area (Å²) in [7, 11) is -2.11. The van der Waals surface area contributed by atoms with Crippen molar-refractivity contribution in [2.45, 2.75) is 32.2 Å². The lowest BCUT2D eigenvalue weighted by Crippen LogP contribution is -2.49. The minimum absolute atomic E-state index is 0.315. The zero-order chi connectivity index (χ0) is 21.4. The van der Waals surface area contributed by atoms with Gasteiger partial charge < -0.3 is 10.1 Å². The fraction of sp³-hybridized carbons (Fsp3) is 0.381.